The SMILES string of the molecule is Cc1nc(C(=O)N2CCO[C@H](c3nnn4cc(-c5cccs5)ccc34)C2)cs1. The van der Waals surface area contributed by atoms with Gasteiger partial charge in [0.15, 0.2) is 0 Å². The largest absolute Gasteiger partial charge is 0.368 e. The summed E-state index contributed by atoms with van der Waals surface area (Å²) in [5.74, 6) is -0.0610. The van der Waals surface area contributed by atoms with Crippen LogP contribution in [0.3, 0.4) is 0 Å². The number of hydrogen-bond donors (Lipinski definition) is 0. The van der Waals surface area contributed by atoms with Crippen molar-refractivity contribution in [3.63, 3.8) is 0 Å². The maximum atomic E-state index is 12.7. The number of carbonyl (C=O) groups is 1. The molecule has 0 bridgehead atoms. The fourth-order valence-corrected chi connectivity index (χ4v) is 4.66. The number of thiazole rings is 1. The molecule has 5 rings (SSSR count). The van der Waals surface area contributed by atoms with Crippen molar-refractivity contribution in [2.75, 3.05) is 19.7 Å². The quantitative estimate of drug-likeness (QED) is 0.516. The van der Waals surface area contributed by atoms with Crippen LogP contribution in [0.2, 0.25) is 0 Å². The van der Waals surface area contributed by atoms with Gasteiger partial charge in [-0.05, 0) is 30.5 Å². The van der Waals surface area contributed by atoms with Gasteiger partial charge >= 0.3 is 0 Å². The van der Waals surface area contributed by atoms with E-state index in [0.29, 0.717) is 25.4 Å². The molecule has 28 heavy (non-hydrogen) atoms. The van der Waals surface area contributed by atoms with Gasteiger partial charge in [0.1, 0.15) is 17.5 Å². The van der Waals surface area contributed by atoms with Crippen LogP contribution in [-0.4, -0.2) is 50.3 Å². The van der Waals surface area contributed by atoms with Gasteiger partial charge in [0, 0.05) is 28.6 Å². The fourth-order valence-electron chi connectivity index (χ4n) is 3.35. The molecule has 1 aliphatic heterocycles. The standard InChI is InChI=1S/C19H17N5O2S2/c1-12-20-14(11-28-12)19(25)23-6-7-26-16(10-23)18-15-5-4-13(9-24(15)22-21-18)17-3-2-8-27-17/h2-5,8-9,11,16H,6-7,10H2,1H3/t16-/m0/s1. The van der Waals surface area contributed by atoms with E-state index in [9.17, 15) is 4.79 Å². The molecule has 142 valence electrons. The van der Waals surface area contributed by atoms with Crippen molar-refractivity contribution in [3.8, 4) is 10.4 Å². The zero-order chi connectivity index (χ0) is 19.1. The number of aryl methyl sites for hydroxylation is 1. The van der Waals surface area contributed by atoms with Crippen LogP contribution in [0, 0.1) is 6.92 Å². The molecule has 1 saturated heterocycles. The Kier molecular flexibility index (Phi) is 4.42. The molecule has 4 aromatic rings. The number of pyridine rings is 1. The minimum absolute atomic E-state index is 0.0610. The van der Waals surface area contributed by atoms with Gasteiger partial charge in [-0.3, -0.25) is 4.79 Å². The Morgan fingerprint density at radius 1 is 1.29 bits per heavy atom. The molecule has 0 N–H and O–H groups in total. The van der Waals surface area contributed by atoms with E-state index in [1.165, 1.54) is 16.2 Å². The summed E-state index contributed by atoms with van der Waals surface area (Å²) in [5.41, 5.74) is 3.24. The lowest BCUT2D eigenvalue weighted by Crippen LogP contribution is -2.42. The molecule has 1 fully saturated rings. The predicted molar refractivity (Wildman–Crippen MR) is 108 cm³/mol. The van der Waals surface area contributed by atoms with Crippen molar-refractivity contribution in [2.24, 2.45) is 0 Å². The Morgan fingerprint density at radius 2 is 2.21 bits per heavy atom. The number of carbonyl (C=O) groups excluding carboxylic acids is 1. The van der Waals surface area contributed by atoms with E-state index in [-0.39, 0.29) is 12.0 Å². The van der Waals surface area contributed by atoms with Gasteiger partial charge in [0.05, 0.1) is 23.7 Å². The van der Waals surface area contributed by atoms with Crippen molar-refractivity contribution in [2.45, 2.75) is 13.0 Å². The van der Waals surface area contributed by atoms with Gasteiger partial charge in [-0.15, -0.1) is 27.8 Å². The van der Waals surface area contributed by atoms with Crippen LogP contribution >= 0.6 is 22.7 Å². The molecule has 0 unspecified atom stereocenters. The lowest BCUT2D eigenvalue weighted by atomic mass is 10.1. The zero-order valence-corrected chi connectivity index (χ0v) is 16.7. The summed E-state index contributed by atoms with van der Waals surface area (Å²) >= 11 is 3.17. The first-order chi connectivity index (χ1) is 13.7. The first-order valence-electron chi connectivity index (χ1n) is 8.91. The molecule has 0 aliphatic carbocycles. The van der Waals surface area contributed by atoms with Gasteiger partial charge in [-0.25, -0.2) is 9.50 Å². The van der Waals surface area contributed by atoms with E-state index in [4.69, 9.17) is 4.74 Å². The number of aromatic nitrogens is 4. The monoisotopic (exact) mass is 411 g/mol. The Balaban J connectivity index is 1.41. The smallest absolute Gasteiger partial charge is 0.273 e. The third-order valence-corrected chi connectivity index (χ3v) is 6.44. The van der Waals surface area contributed by atoms with E-state index >= 15 is 0 Å². The van der Waals surface area contributed by atoms with Gasteiger partial charge in [0.2, 0.25) is 0 Å². The molecule has 0 spiro atoms. The van der Waals surface area contributed by atoms with E-state index in [1.54, 1.807) is 20.8 Å². The number of thiophene rings is 1. The van der Waals surface area contributed by atoms with Crippen LogP contribution < -0.4 is 0 Å². The topological polar surface area (TPSA) is 72.6 Å². The van der Waals surface area contributed by atoms with Crippen LogP contribution in [-0.2, 0) is 4.74 Å². The van der Waals surface area contributed by atoms with Crippen LogP contribution in [0.25, 0.3) is 16.0 Å². The fraction of sp³-hybridized carbons (Fsp3) is 0.263. The lowest BCUT2D eigenvalue weighted by molar-refractivity contribution is -0.0242. The van der Waals surface area contributed by atoms with E-state index in [2.05, 4.69) is 32.8 Å². The molecule has 1 atom stereocenters. The molecule has 0 aromatic carbocycles. The second-order valence-corrected chi connectivity index (χ2v) is 8.57. The third kappa shape index (κ3) is 3.11. The van der Waals surface area contributed by atoms with E-state index in [0.717, 1.165) is 21.8 Å². The normalized spacial score (nSPS) is 17.3. The minimum Gasteiger partial charge on any atom is -0.368 e. The number of ether oxygens (including phenoxy) is 1. The molecule has 0 saturated carbocycles. The van der Waals surface area contributed by atoms with Crippen LogP contribution in [0.5, 0.6) is 0 Å². The zero-order valence-electron chi connectivity index (χ0n) is 15.1. The molecular weight excluding hydrogens is 394 g/mol. The number of amides is 1. The third-order valence-electron chi connectivity index (χ3n) is 4.74. The van der Waals surface area contributed by atoms with Crippen molar-refractivity contribution >= 4 is 34.1 Å². The summed E-state index contributed by atoms with van der Waals surface area (Å²) < 4.78 is 7.71. The summed E-state index contributed by atoms with van der Waals surface area (Å²) in [6.45, 7) is 3.35. The van der Waals surface area contributed by atoms with E-state index < -0.39 is 0 Å². The average Bonchev–Trinajstić information content (AvgIpc) is 3.47. The van der Waals surface area contributed by atoms with Crippen LogP contribution in [0.15, 0.2) is 41.2 Å². The summed E-state index contributed by atoms with van der Waals surface area (Å²) in [7, 11) is 0. The minimum atomic E-state index is -0.303. The summed E-state index contributed by atoms with van der Waals surface area (Å²) in [6.07, 6.45) is 1.67. The van der Waals surface area contributed by atoms with Crippen molar-refractivity contribution in [1.82, 2.24) is 24.7 Å². The Bertz CT molecular complexity index is 1130. The van der Waals surface area contributed by atoms with E-state index in [1.807, 2.05) is 30.6 Å². The number of fused-ring (bicyclic) bond motifs is 1. The highest BCUT2D eigenvalue weighted by atomic mass is 32.1. The number of rotatable bonds is 3. The first kappa shape index (κ1) is 17.5. The highest BCUT2D eigenvalue weighted by Crippen LogP contribution is 2.29. The lowest BCUT2D eigenvalue weighted by Gasteiger charge is -2.31. The van der Waals surface area contributed by atoms with Crippen molar-refractivity contribution < 1.29 is 9.53 Å². The molecule has 0 radical (unpaired) electrons. The van der Waals surface area contributed by atoms with Crippen molar-refractivity contribution in [3.05, 3.63) is 57.6 Å². The maximum Gasteiger partial charge on any atom is 0.273 e. The Hall–Kier alpha value is -2.62. The van der Waals surface area contributed by atoms with Gasteiger partial charge in [-0.1, -0.05) is 11.3 Å². The average molecular weight is 412 g/mol. The highest BCUT2D eigenvalue weighted by Gasteiger charge is 2.30. The highest BCUT2D eigenvalue weighted by molar-refractivity contribution is 7.13. The molecule has 1 amide bonds. The second kappa shape index (κ2) is 7.08. The molecule has 5 heterocycles. The summed E-state index contributed by atoms with van der Waals surface area (Å²) in [4.78, 5) is 20.0. The predicted octanol–water partition coefficient (Wildman–Crippen LogP) is 3.44. The van der Waals surface area contributed by atoms with Crippen molar-refractivity contribution in [1.29, 1.82) is 0 Å². The molecule has 1 aliphatic rings. The molecular formula is C19H17N5O2S2. The Labute approximate surface area is 169 Å². The summed E-state index contributed by atoms with van der Waals surface area (Å²) in [6, 6.07) is 8.19. The molecule has 9 heteroatoms. The van der Waals surface area contributed by atoms with Crippen LogP contribution in [0.4, 0.5) is 0 Å². The second-order valence-electron chi connectivity index (χ2n) is 6.56. The molecule has 4 aromatic heterocycles. The first-order valence-corrected chi connectivity index (χ1v) is 10.7. The Morgan fingerprint density at radius 3 is 3.00 bits per heavy atom. The van der Waals surface area contributed by atoms with Gasteiger partial charge < -0.3 is 9.64 Å². The number of nitrogens with zero attached hydrogens (tertiary/aromatic N) is 5. The van der Waals surface area contributed by atoms with Crippen LogP contribution in [0.1, 0.15) is 27.3 Å². The maximum absolute atomic E-state index is 12.7. The number of hydrogen-bond acceptors (Lipinski definition) is 7. The summed E-state index contributed by atoms with van der Waals surface area (Å²) in [5, 5.41) is 13.4. The van der Waals surface area contributed by atoms with Gasteiger partial charge in [-0.2, -0.15) is 0 Å². The molecule has 7 nitrogen and oxygen atoms in total. The van der Waals surface area contributed by atoms with Gasteiger partial charge in [0.25, 0.3) is 5.91 Å². The number of morpholine rings is 1.